The van der Waals surface area contributed by atoms with Crippen LogP contribution in [0, 0.1) is 0 Å². The van der Waals surface area contributed by atoms with Gasteiger partial charge >= 0.3 is 6.18 Å². The van der Waals surface area contributed by atoms with Crippen molar-refractivity contribution in [3.8, 4) is 0 Å². The van der Waals surface area contributed by atoms with E-state index in [9.17, 15) is 18.0 Å². The number of halogens is 3. The van der Waals surface area contributed by atoms with Crippen LogP contribution in [0.3, 0.4) is 0 Å². The van der Waals surface area contributed by atoms with E-state index in [1.165, 1.54) is 13.0 Å². The minimum atomic E-state index is -4.35. The van der Waals surface area contributed by atoms with Crippen molar-refractivity contribution < 1.29 is 18.0 Å². The van der Waals surface area contributed by atoms with Crippen molar-refractivity contribution in [2.75, 3.05) is 0 Å². The van der Waals surface area contributed by atoms with Gasteiger partial charge in [0, 0.05) is 11.1 Å². The lowest BCUT2D eigenvalue weighted by Crippen LogP contribution is -2.04. The summed E-state index contributed by atoms with van der Waals surface area (Å²) in [4.78, 5) is 11.0. The van der Waals surface area contributed by atoms with E-state index in [-0.39, 0.29) is 16.9 Å². The van der Waals surface area contributed by atoms with Crippen LogP contribution in [-0.2, 0) is 17.4 Å². The molecular weight excluding hydrogens is 249 g/mol. The minimum Gasteiger partial charge on any atom is -0.300 e. The lowest BCUT2D eigenvalue weighted by Gasteiger charge is -2.07. The Morgan fingerprint density at radius 1 is 1.35 bits per heavy atom. The van der Waals surface area contributed by atoms with Crippen LogP contribution >= 0.6 is 11.3 Å². The Bertz CT molecular complexity index is 569. The molecule has 0 unspecified atom stereocenters. The van der Waals surface area contributed by atoms with Crippen LogP contribution in [0.25, 0.3) is 10.1 Å². The van der Waals surface area contributed by atoms with Crippen LogP contribution < -0.4 is 0 Å². The molecule has 0 bridgehead atoms. The highest BCUT2D eigenvalue weighted by Gasteiger charge is 2.33. The van der Waals surface area contributed by atoms with Crippen molar-refractivity contribution in [1.29, 1.82) is 0 Å². The largest absolute Gasteiger partial charge is 0.417 e. The minimum absolute atomic E-state index is 0.0536. The number of thiophene rings is 1. The molecule has 0 aliphatic rings. The molecule has 1 nitrogen and oxygen atoms in total. The Hall–Kier alpha value is -1.36. The average Bonchev–Trinajstić information content (AvgIpc) is 2.59. The molecule has 1 aromatic carbocycles. The molecule has 17 heavy (non-hydrogen) atoms. The predicted octanol–water partition coefficient (Wildman–Crippen LogP) is 4.05. The smallest absolute Gasteiger partial charge is 0.300 e. The molecule has 5 heteroatoms. The summed E-state index contributed by atoms with van der Waals surface area (Å²) in [5, 5.41) is 2.15. The normalized spacial score (nSPS) is 12.0. The van der Waals surface area contributed by atoms with Crippen molar-refractivity contribution in [3.63, 3.8) is 0 Å². The molecule has 1 aromatic heterocycles. The molecule has 0 N–H and O–H groups in total. The fourth-order valence-electron chi connectivity index (χ4n) is 1.74. The molecule has 90 valence electrons. The molecular formula is C12H9F3OS. The Kier molecular flexibility index (Phi) is 2.95. The second kappa shape index (κ2) is 4.14. The molecule has 2 aromatic rings. The van der Waals surface area contributed by atoms with Gasteiger partial charge in [-0.3, -0.25) is 4.79 Å². The quantitative estimate of drug-likeness (QED) is 0.794. The van der Waals surface area contributed by atoms with E-state index in [4.69, 9.17) is 0 Å². The molecule has 0 aliphatic heterocycles. The van der Waals surface area contributed by atoms with Crippen molar-refractivity contribution in [1.82, 2.24) is 0 Å². The van der Waals surface area contributed by atoms with Gasteiger partial charge in [-0.05, 0) is 29.3 Å². The summed E-state index contributed by atoms with van der Waals surface area (Å²) < 4.78 is 38.4. The number of carbonyl (C=O) groups excluding carboxylic acids is 1. The number of benzene rings is 1. The van der Waals surface area contributed by atoms with Crippen molar-refractivity contribution >= 4 is 27.2 Å². The van der Waals surface area contributed by atoms with E-state index in [0.29, 0.717) is 10.9 Å². The average molecular weight is 258 g/mol. The number of alkyl halides is 3. The number of carbonyl (C=O) groups is 1. The van der Waals surface area contributed by atoms with E-state index < -0.39 is 11.7 Å². The van der Waals surface area contributed by atoms with Gasteiger partial charge in [0.05, 0.1) is 5.56 Å². The summed E-state index contributed by atoms with van der Waals surface area (Å²) in [5.74, 6) is -0.0536. The first-order chi connectivity index (χ1) is 7.89. The second-order valence-corrected chi connectivity index (χ2v) is 4.70. The van der Waals surface area contributed by atoms with Crippen molar-refractivity contribution in [2.24, 2.45) is 0 Å². The first-order valence-corrected chi connectivity index (χ1v) is 5.83. The molecule has 0 amide bonds. The van der Waals surface area contributed by atoms with Gasteiger partial charge in [0.2, 0.25) is 0 Å². The van der Waals surface area contributed by atoms with E-state index >= 15 is 0 Å². The van der Waals surface area contributed by atoms with Gasteiger partial charge in [0.1, 0.15) is 5.78 Å². The highest BCUT2D eigenvalue weighted by molar-refractivity contribution is 7.17. The highest BCUT2D eigenvalue weighted by atomic mass is 32.1. The van der Waals surface area contributed by atoms with Gasteiger partial charge in [-0.1, -0.05) is 12.1 Å². The summed E-state index contributed by atoms with van der Waals surface area (Å²) in [6.07, 6.45) is -4.17. The third-order valence-corrected chi connectivity index (χ3v) is 3.50. The van der Waals surface area contributed by atoms with Crippen LogP contribution in [0.4, 0.5) is 13.2 Å². The molecule has 0 radical (unpaired) electrons. The van der Waals surface area contributed by atoms with Gasteiger partial charge < -0.3 is 0 Å². The zero-order valence-electron chi connectivity index (χ0n) is 8.97. The lowest BCUT2D eigenvalue weighted by molar-refractivity contribution is -0.136. The Morgan fingerprint density at radius 2 is 2.06 bits per heavy atom. The van der Waals surface area contributed by atoms with Gasteiger partial charge in [0.15, 0.2) is 0 Å². The second-order valence-electron chi connectivity index (χ2n) is 3.82. The number of rotatable bonds is 2. The monoisotopic (exact) mass is 258 g/mol. The van der Waals surface area contributed by atoms with E-state index in [2.05, 4.69) is 0 Å². The third-order valence-electron chi connectivity index (χ3n) is 2.42. The van der Waals surface area contributed by atoms with Crippen LogP contribution in [0.5, 0.6) is 0 Å². The molecule has 0 saturated carbocycles. The number of hydrogen-bond acceptors (Lipinski definition) is 2. The van der Waals surface area contributed by atoms with Gasteiger partial charge in [0.25, 0.3) is 0 Å². The molecule has 0 spiro atoms. The maximum Gasteiger partial charge on any atom is 0.417 e. The predicted molar refractivity (Wildman–Crippen MR) is 61.2 cm³/mol. The van der Waals surface area contributed by atoms with Crippen LogP contribution in [0.15, 0.2) is 23.6 Å². The summed E-state index contributed by atoms with van der Waals surface area (Å²) in [6.45, 7) is 1.43. The topological polar surface area (TPSA) is 17.1 Å². The zero-order valence-corrected chi connectivity index (χ0v) is 9.78. The fraction of sp³-hybridized carbons (Fsp3) is 0.250. The maximum atomic E-state index is 12.7. The SMILES string of the molecule is CC(=O)Cc1csc2c(C(F)(F)F)cccc12. The molecule has 0 saturated heterocycles. The Labute approximate surface area is 99.9 Å². The molecule has 0 fully saturated rings. The summed E-state index contributed by atoms with van der Waals surface area (Å²) in [7, 11) is 0. The molecule has 0 atom stereocenters. The van der Waals surface area contributed by atoms with Gasteiger partial charge in [-0.25, -0.2) is 0 Å². The fourth-order valence-corrected chi connectivity index (χ4v) is 2.85. The highest BCUT2D eigenvalue weighted by Crippen LogP contribution is 2.38. The third kappa shape index (κ3) is 2.34. The van der Waals surface area contributed by atoms with Crippen LogP contribution in [0.2, 0.25) is 0 Å². The summed E-state index contributed by atoms with van der Waals surface area (Å²) in [6, 6.07) is 4.07. The maximum absolute atomic E-state index is 12.7. The van der Waals surface area contributed by atoms with Gasteiger partial charge in [-0.2, -0.15) is 13.2 Å². The molecule has 1 heterocycles. The summed E-state index contributed by atoms with van der Waals surface area (Å²) in [5.41, 5.74) is 0.0402. The summed E-state index contributed by atoms with van der Waals surface area (Å²) >= 11 is 1.04. The first-order valence-electron chi connectivity index (χ1n) is 4.95. The number of ketones is 1. The Balaban J connectivity index is 2.61. The van der Waals surface area contributed by atoms with Crippen LogP contribution in [0.1, 0.15) is 18.1 Å². The lowest BCUT2D eigenvalue weighted by atomic mass is 10.1. The first kappa shape index (κ1) is 12.1. The van der Waals surface area contributed by atoms with E-state index in [0.717, 1.165) is 17.4 Å². The van der Waals surface area contributed by atoms with E-state index in [1.54, 1.807) is 11.4 Å². The van der Waals surface area contributed by atoms with Gasteiger partial charge in [-0.15, -0.1) is 11.3 Å². The zero-order chi connectivity index (χ0) is 12.6. The number of Topliss-reactive ketones (excluding diaryl/α,β-unsaturated/α-hetero) is 1. The standard InChI is InChI=1S/C12H9F3OS/c1-7(16)5-8-6-17-11-9(8)3-2-4-10(11)12(13,14)15/h2-4,6H,5H2,1H3. The molecule has 0 aliphatic carbocycles. The number of hydrogen-bond donors (Lipinski definition) is 0. The number of fused-ring (bicyclic) bond motifs is 1. The van der Waals surface area contributed by atoms with Crippen molar-refractivity contribution in [2.45, 2.75) is 19.5 Å². The van der Waals surface area contributed by atoms with E-state index in [1.807, 2.05) is 0 Å². The Morgan fingerprint density at radius 3 is 2.65 bits per heavy atom. The molecule has 2 rings (SSSR count). The van der Waals surface area contributed by atoms with Crippen LogP contribution in [-0.4, -0.2) is 5.78 Å². The van der Waals surface area contributed by atoms with Crippen molar-refractivity contribution in [3.05, 3.63) is 34.7 Å².